The molecule has 1 fully saturated rings. The number of hydrogen-bond acceptors (Lipinski definition) is 3. The molecule has 1 amide bonds. The number of ether oxygens (including phenoxy) is 1. The summed E-state index contributed by atoms with van der Waals surface area (Å²) in [5.74, 6) is 1.61. The SMILES string of the molecule is CCNCC1CCN(C(=O)COc2cc(C)ccc2C)CC1.Cl. The third kappa shape index (κ3) is 6.04. The van der Waals surface area contributed by atoms with Crippen LogP contribution in [0.1, 0.15) is 30.9 Å². The number of amides is 1. The third-order valence-electron chi connectivity index (χ3n) is 4.35. The Bertz CT molecular complexity index is 500. The van der Waals surface area contributed by atoms with Crippen molar-refractivity contribution >= 4 is 18.3 Å². The van der Waals surface area contributed by atoms with Crippen molar-refractivity contribution in [3.63, 3.8) is 0 Å². The maximum atomic E-state index is 12.3. The minimum Gasteiger partial charge on any atom is -0.483 e. The van der Waals surface area contributed by atoms with E-state index in [1.807, 2.05) is 30.9 Å². The standard InChI is InChI=1S/C18H28N2O2.ClH/c1-4-19-12-16-7-9-20(10-8-16)18(21)13-22-17-11-14(2)5-6-15(17)3;/h5-6,11,16,19H,4,7-10,12-13H2,1-3H3;1H. The van der Waals surface area contributed by atoms with Crippen LogP contribution in [0.3, 0.4) is 0 Å². The molecular formula is C18H29ClN2O2. The Morgan fingerprint density at radius 3 is 2.65 bits per heavy atom. The fourth-order valence-electron chi connectivity index (χ4n) is 2.83. The molecule has 1 aromatic rings. The van der Waals surface area contributed by atoms with Gasteiger partial charge in [-0.05, 0) is 62.9 Å². The third-order valence-corrected chi connectivity index (χ3v) is 4.35. The highest BCUT2D eigenvalue weighted by Crippen LogP contribution is 2.20. The summed E-state index contributed by atoms with van der Waals surface area (Å²) in [6, 6.07) is 6.08. The van der Waals surface area contributed by atoms with Crippen molar-refractivity contribution in [2.75, 3.05) is 32.8 Å². The second kappa shape index (κ2) is 9.78. The molecule has 1 aliphatic heterocycles. The quantitative estimate of drug-likeness (QED) is 0.865. The van der Waals surface area contributed by atoms with Gasteiger partial charge in [0.1, 0.15) is 5.75 Å². The number of benzene rings is 1. The lowest BCUT2D eigenvalue weighted by atomic mass is 9.97. The molecule has 1 aliphatic rings. The number of hydrogen-bond donors (Lipinski definition) is 1. The van der Waals surface area contributed by atoms with Crippen molar-refractivity contribution in [3.05, 3.63) is 29.3 Å². The molecule has 0 unspecified atom stereocenters. The van der Waals surface area contributed by atoms with Gasteiger partial charge in [-0.15, -0.1) is 12.4 Å². The summed E-state index contributed by atoms with van der Waals surface area (Å²) in [4.78, 5) is 14.2. The Hall–Kier alpha value is -1.26. The first-order chi connectivity index (χ1) is 10.6. The maximum Gasteiger partial charge on any atom is 0.260 e. The van der Waals surface area contributed by atoms with Crippen LogP contribution in [-0.2, 0) is 4.79 Å². The van der Waals surface area contributed by atoms with Gasteiger partial charge < -0.3 is 15.0 Å². The van der Waals surface area contributed by atoms with Gasteiger partial charge in [0.05, 0.1) is 0 Å². The van der Waals surface area contributed by atoms with Gasteiger partial charge in [-0.2, -0.15) is 0 Å². The second-order valence-electron chi connectivity index (χ2n) is 6.19. The first-order valence-electron chi connectivity index (χ1n) is 8.28. The molecule has 1 N–H and O–H groups in total. The summed E-state index contributed by atoms with van der Waals surface area (Å²) in [6.45, 7) is 10.1. The van der Waals surface area contributed by atoms with E-state index in [-0.39, 0.29) is 24.9 Å². The summed E-state index contributed by atoms with van der Waals surface area (Å²) in [7, 11) is 0. The number of halogens is 1. The molecule has 130 valence electrons. The van der Waals surface area contributed by atoms with Gasteiger partial charge in [0.15, 0.2) is 6.61 Å². The highest BCUT2D eigenvalue weighted by Gasteiger charge is 2.22. The van der Waals surface area contributed by atoms with Gasteiger partial charge in [-0.25, -0.2) is 0 Å². The lowest BCUT2D eigenvalue weighted by Crippen LogP contribution is -2.42. The van der Waals surface area contributed by atoms with E-state index >= 15 is 0 Å². The molecule has 0 saturated carbocycles. The van der Waals surface area contributed by atoms with Crippen molar-refractivity contribution in [2.24, 2.45) is 5.92 Å². The number of carbonyl (C=O) groups is 1. The zero-order valence-electron chi connectivity index (χ0n) is 14.4. The second-order valence-corrected chi connectivity index (χ2v) is 6.19. The van der Waals surface area contributed by atoms with E-state index in [1.165, 1.54) is 0 Å². The van der Waals surface area contributed by atoms with Crippen LogP contribution < -0.4 is 10.1 Å². The summed E-state index contributed by atoms with van der Waals surface area (Å²) in [6.07, 6.45) is 2.17. The van der Waals surface area contributed by atoms with E-state index in [2.05, 4.69) is 18.3 Å². The van der Waals surface area contributed by atoms with Crippen LogP contribution in [0.5, 0.6) is 5.75 Å². The lowest BCUT2D eigenvalue weighted by molar-refractivity contribution is -0.134. The normalized spacial score (nSPS) is 15.2. The Morgan fingerprint density at radius 1 is 1.30 bits per heavy atom. The number of rotatable bonds is 6. The number of nitrogens with zero attached hydrogens (tertiary/aromatic N) is 1. The van der Waals surface area contributed by atoms with Crippen molar-refractivity contribution in [1.82, 2.24) is 10.2 Å². The van der Waals surface area contributed by atoms with E-state index in [4.69, 9.17) is 4.74 Å². The summed E-state index contributed by atoms with van der Waals surface area (Å²) in [5, 5.41) is 3.39. The van der Waals surface area contributed by atoms with E-state index in [1.54, 1.807) is 0 Å². The van der Waals surface area contributed by atoms with E-state index < -0.39 is 0 Å². The number of piperidine rings is 1. The van der Waals surface area contributed by atoms with Crippen LogP contribution >= 0.6 is 12.4 Å². The zero-order chi connectivity index (χ0) is 15.9. The van der Waals surface area contributed by atoms with Gasteiger partial charge >= 0.3 is 0 Å². The molecule has 0 aliphatic carbocycles. The van der Waals surface area contributed by atoms with Crippen LogP contribution in [-0.4, -0.2) is 43.6 Å². The largest absolute Gasteiger partial charge is 0.483 e. The van der Waals surface area contributed by atoms with Crippen LogP contribution in [0, 0.1) is 19.8 Å². The molecule has 0 aromatic heterocycles. The molecule has 5 heteroatoms. The van der Waals surface area contributed by atoms with Gasteiger partial charge in [0.2, 0.25) is 0 Å². The Morgan fingerprint density at radius 2 is 2.00 bits per heavy atom. The average molecular weight is 341 g/mol. The topological polar surface area (TPSA) is 41.6 Å². The first-order valence-corrected chi connectivity index (χ1v) is 8.28. The predicted molar refractivity (Wildman–Crippen MR) is 96.5 cm³/mol. The molecule has 0 atom stereocenters. The lowest BCUT2D eigenvalue weighted by Gasteiger charge is -2.32. The van der Waals surface area contributed by atoms with Crippen molar-refractivity contribution in [2.45, 2.75) is 33.6 Å². The molecule has 1 heterocycles. The number of carbonyl (C=O) groups excluding carboxylic acids is 1. The Kier molecular flexibility index (Phi) is 8.42. The summed E-state index contributed by atoms with van der Waals surface area (Å²) >= 11 is 0. The molecule has 1 saturated heterocycles. The minimum atomic E-state index is 0. The Labute approximate surface area is 146 Å². The number of aryl methyl sites for hydroxylation is 2. The zero-order valence-corrected chi connectivity index (χ0v) is 15.2. The molecule has 0 radical (unpaired) electrons. The van der Waals surface area contributed by atoms with Crippen LogP contribution in [0.4, 0.5) is 0 Å². The van der Waals surface area contributed by atoms with Crippen LogP contribution in [0.25, 0.3) is 0 Å². The molecule has 23 heavy (non-hydrogen) atoms. The van der Waals surface area contributed by atoms with Crippen molar-refractivity contribution in [1.29, 1.82) is 0 Å². The fourth-order valence-corrected chi connectivity index (χ4v) is 2.83. The van der Waals surface area contributed by atoms with Crippen molar-refractivity contribution < 1.29 is 9.53 Å². The smallest absolute Gasteiger partial charge is 0.260 e. The number of nitrogens with one attached hydrogen (secondary N) is 1. The predicted octanol–water partition coefficient (Wildman–Crippen LogP) is 2.95. The molecule has 2 rings (SSSR count). The minimum absolute atomic E-state index is 0. The highest BCUT2D eigenvalue weighted by atomic mass is 35.5. The molecule has 0 spiro atoms. The van der Waals surface area contributed by atoms with E-state index in [0.717, 1.165) is 55.9 Å². The van der Waals surface area contributed by atoms with Gasteiger partial charge in [-0.1, -0.05) is 19.1 Å². The monoisotopic (exact) mass is 340 g/mol. The van der Waals surface area contributed by atoms with Crippen LogP contribution in [0.15, 0.2) is 18.2 Å². The van der Waals surface area contributed by atoms with Gasteiger partial charge in [0.25, 0.3) is 5.91 Å². The molecular weight excluding hydrogens is 312 g/mol. The Balaban J connectivity index is 0.00000264. The maximum absolute atomic E-state index is 12.3. The van der Waals surface area contributed by atoms with E-state index in [9.17, 15) is 4.79 Å². The fraction of sp³-hybridized carbons (Fsp3) is 0.611. The number of likely N-dealkylation sites (tertiary alicyclic amines) is 1. The molecule has 1 aromatic carbocycles. The van der Waals surface area contributed by atoms with Gasteiger partial charge in [-0.3, -0.25) is 4.79 Å². The summed E-state index contributed by atoms with van der Waals surface area (Å²) in [5.41, 5.74) is 2.22. The van der Waals surface area contributed by atoms with Crippen LogP contribution in [0.2, 0.25) is 0 Å². The van der Waals surface area contributed by atoms with Gasteiger partial charge in [0, 0.05) is 13.1 Å². The average Bonchev–Trinajstić information content (AvgIpc) is 2.54. The molecule has 4 nitrogen and oxygen atoms in total. The van der Waals surface area contributed by atoms with E-state index in [0.29, 0.717) is 5.92 Å². The van der Waals surface area contributed by atoms with Crippen molar-refractivity contribution in [3.8, 4) is 5.75 Å². The highest BCUT2D eigenvalue weighted by molar-refractivity contribution is 5.85. The first kappa shape index (κ1) is 19.8. The summed E-state index contributed by atoms with van der Waals surface area (Å²) < 4.78 is 5.72. The molecule has 0 bridgehead atoms.